The molecule has 9 nitrogen and oxygen atoms in total. The quantitative estimate of drug-likeness (QED) is 0.350. The van der Waals surface area contributed by atoms with Crippen LogP contribution in [0.15, 0.2) is 23.9 Å². The van der Waals surface area contributed by atoms with Crippen LogP contribution in [0.3, 0.4) is 0 Å². The molecule has 0 radical (unpaired) electrons. The molecule has 1 aromatic heterocycles. The molecule has 13 heteroatoms. The molecule has 1 saturated heterocycles. The van der Waals surface area contributed by atoms with E-state index in [0.29, 0.717) is 53.0 Å². The van der Waals surface area contributed by atoms with Crippen LogP contribution in [-0.4, -0.2) is 79.1 Å². The van der Waals surface area contributed by atoms with Crippen molar-refractivity contribution >= 4 is 28.8 Å². The number of nitrogens with two attached hydrogens (primary N) is 1. The number of hydrogen-bond donors (Lipinski definition) is 3. The maximum absolute atomic E-state index is 13.6. The zero-order valence-electron chi connectivity index (χ0n) is 23.7. The van der Waals surface area contributed by atoms with Crippen LogP contribution in [0.5, 0.6) is 5.75 Å². The largest absolute Gasteiger partial charge is 0.491 e. The molecule has 1 saturated carbocycles. The summed E-state index contributed by atoms with van der Waals surface area (Å²) >= 11 is 6.55. The Labute approximate surface area is 241 Å². The monoisotopic (exact) mass is 597 g/mol. The first-order valence-corrected chi connectivity index (χ1v) is 13.5. The number of ether oxygens (including phenoxy) is 2. The number of alkyl halides is 3. The highest BCUT2D eigenvalue weighted by Crippen LogP contribution is 2.61. The Bertz CT molecular complexity index is 1350. The first-order chi connectivity index (χ1) is 19.2. The minimum absolute atomic E-state index is 0.0352. The Hall–Kier alpha value is -2.93. The number of ketones is 1. The van der Waals surface area contributed by atoms with Crippen LogP contribution >= 0.6 is 11.6 Å². The third kappa shape index (κ3) is 5.88. The number of aromatic nitrogens is 2. The second-order valence-corrected chi connectivity index (χ2v) is 11.4. The number of aliphatic hydroxyl groups is 1. The summed E-state index contributed by atoms with van der Waals surface area (Å²) in [6.45, 7) is 5.80. The number of carbonyl (C=O) groups is 1. The molecule has 2 fully saturated rings. The number of aliphatic hydroxyl groups excluding tert-OH is 1. The number of nitrogens with one attached hydrogen (secondary N) is 1. The molecular formula is C28H35ClF3N5O4. The number of halogens is 4. The highest BCUT2D eigenvalue weighted by atomic mass is 35.5. The summed E-state index contributed by atoms with van der Waals surface area (Å²) in [5.74, 6) is 0.802. The summed E-state index contributed by atoms with van der Waals surface area (Å²) in [6.07, 6.45) is -5.45. The summed E-state index contributed by atoms with van der Waals surface area (Å²) in [7, 11) is 2.81. The summed E-state index contributed by atoms with van der Waals surface area (Å²) in [5, 5.41) is 13.2. The van der Waals surface area contributed by atoms with Crippen molar-refractivity contribution in [3.8, 4) is 17.1 Å². The summed E-state index contributed by atoms with van der Waals surface area (Å²) in [4.78, 5) is 24.0. The van der Waals surface area contributed by atoms with Gasteiger partial charge in [0.1, 0.15) is 24.3 Å². The van der Waals surface area contributed by atoms with Crippen LogP contribution < -0.4 is 20.7 Å². The molecule has 1 aliphatic carbocycles. The molecule has 2 aliphatic rings. The molecule has 1 atom stereocenters. The predicted molar refractivity (Wildman–Crippen MR) is 150 cm³/mol. The van der Waals surface area contributed by atoms with Crippen LogP contribution in [0.4, 0.5) is 19.0 Å². The lowest BCUT2D eigenvalue weighted by Crippen LogP contribution is -2.72. The van der Waals surface area contributed by atoms with Crippen molar-refractivity contribution in [1.29, 1.82) is 0 Å². The molecule has 224 valence electrons. The van der Waals surface area contributed by atoms with Crippen LogP contribution in [-0.2, 0) is 9.53 Å². The van der Waals surface area contributed by atoms with Crippen molar-refractivity contribution in [3.63, 3.8) is 0 Å². The van der Waals surface area contributed by atoms with Crippen molar-refractivity contribution in [2.24, 2.45) is 11.1 Å². The van der Waals surface area contributed by atoms with Gasteiger partial charge in [-0.15, -0.1) is 0 Å². The molecule has 1 aliphatic heterocycles. The van der Waals surface area contributed by atoms with Gasteiger partial charge >= 0.3 is 6.18 Å². The van der Waals surface area contributed by atoms with E-state index >= 15 is 0 Å². The van der Waals surface area contributed by atoms with E-state index in [0.717, 1.165) is 7.11 Å². The molecule has 0 bridgehead atoms. The van der Waals surface area contributed by atoms with E-state index in [1.165, 1.54) is 6.92 Å². The first-order valence-electron chi connectivity index (χ1n) is 13.1. The average Bonchev–Trinajstić information content (AvgIpc) is 2.83. The predicted octanol–water partition coefficient (Wildman–Crippen LogP) is 3.89. The zero-order valence-corrected chi connectivity index (χ0v) is 24.4. The van der Waals surface area contributed by atoms with Crippen molar-refractivity contribution < 1.29 is 32.5 Å². The molecule has 41 heavy (non-hydrogen) atoms. The molecular weight excluding hydrogens is 563 g/mol. The van der Waals surface area contributed by atoms with E-state index in [2.05, 4.69) is 10.3 Å². The lowest BCUT2D eigenvalue weighted by atomic mass is 9.54. The first kappa shape index (κ1) is 31.0. The van der Waals surface area contributed by atoms with Gasteiger partial charge in [-0.05, 0) is 58.9 Å². The standard InChI is InChI=1S/C28H35ClF3N5O4/c1-15-23(22(16(2)33)17(3)38)35-24(20-8-19(6-7-21(20)29)41-10-18(39)9-34-4)36-25(15)37-13-26(14-37)11-27(12-26,40-5)28(30,31)32/h6-8,18,34,39H,9-14,33H2,1-5H3/t18-/m1/s1. The topological polar surface area (TPSA) is 123 Å². The van der Waals surface area contributed by atoms with E-state index in [-0.39, 0.29) is 42.3 Å². The summed E-state index contributed by atoms with van der Waals surface area (Å²) in [6, 6.07) is 4.90. The molecule has 2 heterocycles. The number of allylic oxidation sites excluding steroid dienone is 2. The smallest absolute Gasteiger partial charge is 0.417 e. The van der Waals surface area contributed by atoms with Gasteiger partial charge in [-0.1, -0.05) is 11.6 Å². The van der Waals surface area contributed by atoms with Gasteiger partial charge in [0.25, 0.3) is 0 Å². The van der Waals surface area contributed by atoms with E-state index in [9.17, 15) is 23.1 Å². The second-order valence-electron chi connectivity index (χ2n) is 11.0. The minimum atomic E-state index is -4.45. The number of carbonyl (C=O) groups excluding carboxylic acids is 1. The lowest BCUT2D eigenvalue weighted by Gasteiger charge is -2.63. The normalized spacial score (nSPS) is 18.8. The third-order valence-corrected chi connectivity index (χ3v) is 8.07. The summed E-state index contributed by atoms with van der Waals surface area (Å²) in [5.41, 5.74) is 5.22. The van der Waals surface area contributed by atoms with Crippen LogP contribution in [0.25, 0.3) is 17.0 Å². The fraction of sp³-hybridized carbons (Fsp3) is 0.536. The second kappa shape index (κ2) is 11.4. The van der Waals surface area contributed by atoms with Gasteiger partial charge in [0, 0.05) is 49.0 Å². The highest BCUT2D eigenvalue weighted by Gasteiger charge is 2.71. The Morgan fingerprint density at radius 2 is 1.93 bits per heavy atom. The number of rotatable bonds is 10. The Balaban J connectivity index is 1.72. The number of likely N-dealkylation sites (N-methyl/N-ethyl adjacent to an activating group) is 1. The van der Waals surface area contributed by atoms with Crippen LogP contribution in [0, 0.1) is 12.3 Å². The van der Waals surface area contributed by atoms with Gasteiger partial charge in [-0.3, -0.25) is 4.79 Å². The van der Waals surface area contributed by atoms with Gasteiger partial charge in [0.15, 0.2) is 17.2 Å². The maximum Gasteiger partial charge on any atom is 0.417 e. The van der Waals surface area contributed by atoms with Gasteiger partial charge in [-0.25, -0.2) is 9.97 Å². The number of hydrogen-bond acceptors (Lipinski definition) is 9. The van der Waals surface area contributed by atoms with Crippen molar-refractivity contribution in [2.75, 3.05) is 45.3 Å². The van der Waals surface area contributed by atoms with E-state index < -0.39 is 23.3 Å². The molecule has 2 aromatic rings. The van der Waals surface area contributed by atoms with E-state index in [1.807, 2.05) is 4.90 Å². The molecule has 0 unspecified atom stereocenters. The Kier molecular flexibility index (Phi) is 8.62. The number of nitrogens with zero attached hydrogens (tertiary/aromatic N) is 3. The molecule has 4 rings (SSSR count). The molecule has 1 aromatic carbocycles. The van der Waals surface area contributed by atoms with Gasteiger partial charge < -0.3 is 30.5 Å². The van der Waals surface area contributed by atoms with E-state index in [1.54, 1.807) is 39.1 Å². The number of anilines is 1. The van der Waals surface area contributed by atoms with Crippen molar-refractivity contribution in [3.05, 3.63) is 40.2 Å². The van der Waals surface area contributed by atoms with E-state index in [4.69, 9.17) is 31.8 Å². The minimum Gasteiger partial charge on any atom is -0.491 e. The van der Waals surface area contributed by atoms with Crippen molar-refractivity contribution in [2.45, 2.75) is 51.5 Å². The third-order valence-electron chi connectivity index (χ3n) is 7.74. The van der Waals surface area contributed by atoms with Gasteiger partial charge in [-0.2, -0.15) is 13.2 Å². The fourth-order valence-electron chi connectivity index (χ4n) is 5.82. The summed E-state index contributed by atoms with van der Waals surface area (Å²) < 4.78 is 51.6. The average molecular weight is 598 g/mol. The number of Topliss-reactive ketones (excluding diaryl/α,β-unsaturated/α-hetero) is 1. The lowest BCUT2D eigenvalue weighted by molar-refractivity contribution is -0.328. The molecule has 0 amide bonds. The van der Waals surface area contributed by atoms with Crippen LogP contribution in [0.2, 0.25) is 5.02 Å². The van der Waals surface area contributed by atoms with Crippen molar-refractivity contribution in [1.82, 2.24) is 15.3 Å². The van der Waals surface area contributed by atoms with Crippen LogP contribution in [0.1, 0.15) is 37.9 Å². The molecule has 4 N–H and O–H groups in total. The fourth-order valence-corrected chi connectivity index (χ4v) is 6.02. The van der Waals surface area contributed by atoms with Gasteiger partial charge in [0.2, 0.25) is 0 Å². The maximum atomic E-state index is 13.6. The Morgan fingerprint density at radius 3 is 2.46 bits per heavy atom. The number of methoxy groups -OCH3 is 1. The SMILES string of the molecule is CNC[C@@H](O)COc1ccc(Cl)c(-c2nc(C(C(C)=O)=C(C)N)c(C)c(N3CC4(C3)CC(OC)(C(F)(F)F)C4)n2)c1. The highest BCUT2D eigenvalue weighted by molar-refractivity contribution is 6.33. The Morgan fingerprint density at radius 1 is 1.27 bits per heavy atom. The molecule has 1 spiro atoms. The zero-order chi connectivity index (χ0) is 30.3. The van der Waals surface area contributed by atoms with Gasteiger partial charge in [0.05, 0.1) is 16.3 Å². The number of benzene rings is 1.